The molecule has 0 aliphatic rings. The molecule has 0 spiro atoms. The molecule has 0 aliphatic carbocycles. The van der Waals surface area contributed by atoms with Gasteiger partial charge in [-0.3, -0.25) is 0 Å². The summed E-state index contributed by atoms with van der Waals surface area (Å²) in [7, 11) is 34.6. The Balaban J connectivity index is 5.42. The topological polar surface area (TPSA) is 88.3 Å². The fraction of sp³-hybridized carbons (Fsp3) is 0.800. The summed E-state index contributed by atoms with van der Waals surface area (Å²) in [5.41, 5.74) is 1.21. The summed E-state index contributed by atoms with van der Waals surface area (Å²) in [6.45, 7) is 0.689. The van der Waals surface area contributed by atoms with Crippen molar-refractivity contribution in [2.24, 2.45) is 18.1 Å². The maximum Gasteiger partial charge on any atom is 0.502 e. The van der Waals surface area contributed by atoms with Crippen LogP contribution in [0.2, 0.25) is 0 Å². The van der Waals surface area contributed by atoms with Gasteiger partial charge < -0.3 is 0 Å². The van der Waals surface area contributed by atoms with Crippen LogP contribution in [-0.4, -0.2) is 218 Å². The van der Waals surface area contributed by atoms with Crippen LogP contribution in [0.1, 0.15) is 5.56 Å². The molecule has 0 unspecified atom stereocenters. The lowest BCUT2D eigenvalue weighted by molar-refractivity contribution is 0.427. The fourth-order valence-electron chi connectivity index (χ4n) is 6.83. The van der Waals surface area contributed by atoms with Gasteiger partial charge in [0, 0.05) is 6.54 Å². The molecule has 21 heteroatoms. The van der Waals surface area contributed by atoms with Crippen molar-refractivity contribution >= 4 is 37.9 Å². The summed E-state index contributed by atoms with van der Waals surface area (Å²) >= 11 is 0. The average Bonchev–Trinajstić information content (AvgIpc) is 2.98. The van der Waals surface area contributed by atoms with Gasteiger partial charge in [-0.05, 0) is 186 Å². The van der Waals surface area contributed by atoms with E-state index in [1.54, 1.807) is 0 Å². The largest absolute Gasteiger partial charge is 0.502 e. The molecule has 51 heavy (non-hydrogen) atoms. The van der Waals surface area contributed by atoms with Crippen molar-refractivity contribution in [2.75, 3.05) is 162 Å². The van der Waals surface area contributed by atoms with Crippen molar-refractivity contribution in [3.05, 3.63) is 35.9 Å². The second kappa shape index (κ2) is 19.3. The highest BCUT2D eigenvalue weighted by Crippen LogP contribution is 2.86. The van der Waals surface area contributed by atoms with Crippen molar-refractivity contribution in [2.45, 2.75) is 6.54 Å². The van der Waals surface area contributed by atoms with Crippen molar-refractivity contribution < 1.29 is 0 Å². The van der Waals surface area contributed by atoms with Crippen LogP contribution in [0.15, 0.2) is 48.4 Å². The Labute approximate surface area is 315 Å². The zero-order valence-corrected chi connectivity index (χ0v) is 41.0. The van der Waals surface area contributed by atoms with Crippen molar-refractivity contribution in [3.63, 3.8) is 0 Å². The summed E-state index contributed by atoms with van der Waals surface area (Å²) in [5.74, 6) is 0. The Morgan fingerprint density at radius 1 is 0.353 bits per heavy atom. The van der Waals surface area contributed by atoms with E-state index >= 15 is 0 Å². The summed E-state index contributed by atoms with van der Waals surface area (Å²) in [6.07, 6.45) is 0. The maximum atomic E-state index is 6.27. The van der Waals surface area contributed by atoms with Gasteiger partial charge in [0.05, 0.1) is 0 Å². The molecular weight excluding hydrogens is 739 g/mol. The molecule has 0 saturated heterocycles. The zero-order chi connectivity index (χ0) is 40.1. The highest BCUT2D eigenvalue weighted by atomic mass is 31.3. The van der Waals surface area contributed by atoms with Crippen LogP contribution in [-0.2, 0) is 6.54 Å². The van der Waals surface area contributed by atoms with Gasteiger partial charge in [0.15, 0.2) is 0 Å². The molecule has 0 aliphatic heterocycles. The van der Waals surface area contributed by atoms with E-state index in [2.05, 4.69) is 248 Å². The number of rotatable bonds is 18. The predicted octanol–water partition coefficient (Wildman–Crippen LogP) is 6.76. The first-order chi connectivity index (χ1) is 23.2. The monoisotopic (exact) mass is 816 g/mol. The third-order valence-corrected chi connectivity index (χ3v) is 29.1. The Kier molecular flexibility index (Phi) is 18.6. The molecule has 1 aromatic carbocycles. The molecule has 1 aromatic rings. The van der Waals surface area contributed by atoms with Crippen molar-refractivity contribution in [1.82, 2.24) is 56.0 Å². The van der Waals surface area contributed by atoms with Gasteiger partial charge in [0.25, 0.3) is 0 Å². The second-order valence-electron chi connectivity index (χ2n) is 14.7. The highest BCUT2D eigenvalue weighted by Gasteiger charge is 2.57. The minimum Gasteiger partial charge on any atom is -0.249 e. The van der Waals surface area contributed by atoms with Gasteiger partial charge >= 0.3 is 7.87 Å². The smallest absolute Gasteiger partial charge is 0.249 e. The summed E-state index contributed by atoms with van der Waals surface area (Å²) < 4.78 is 52.1. The number of benzene rings is 1. The van der Waals surface area contributed by atoms with Crippen LogP contribution >= 0.6 is 37.9 Å². The minimum atomic E-state index is -3.54. The second-order valence-corrected chi connectivity index (χ2v) is 32.4. The molecule has 16 nitrogen and oxygen atoms in total. The third kappa shape index (κ3) is 9.91. The summed E-state index contributed by atoms with van der Waals surface area (Å²) in [5, 5.41) is 0. The fourth-order valence-corrected chi connectivity index (χ4v) is 31.1. The maximum absolute atomic E-state index is 6.27. The Morgan fingerprint density at radius 2 is 0.569 bits per heavy atom. The van der Waals surface area contributed by atoms with E-state index in [0.29, 0.717) is 6.54 Å². The zero-order valence-electron chi connectivity index (χ0n) is 36.5. The van der Waals surface area contributed by atoms with Crippen LogP contribution in [0.5, 0.6) is 0 Å². The lowest BCUT2D eigenvalue weighted by Gasteiger charge is -2.45. The quantitative estimate of drug-likeness (QED) is 0.147. The van der Waals surface area contributed by atoms with Gasteiger partial charge in [-0.15, -0.1) is 0 Å². The molecule has 0 fully saturated rings. The first-order valence-corrected chi connectivity index (χ1v) is 24.9. The van der Waals surface area contributed by atoms with Crippen LogP contribution in [0, 0.1) is 0 Å². The molecule has 1 rings (SSSR count). The molecule has 0 radical (unpaired) electrons. The van der Waals surface area contributed by atoms with E-state index < -0.39 is 37.9 Å². The lowest BCUT2D eigenvalue weighted by Crippen LogP contribution is -2.34. The van der Waals surface area contributed by atoms with Gasteiger partial charge in [0.2, 0.25) is 30.0 Å². The van der Waals surface area contributed by atoms with Crippen LogP contribution in [0.3, 0.4) is 0 Å². The Bertz CT molecular complexity index is 1260. The normalized spacial score (nSPS) is 14.4. The van der Waals surface area contributed by atoms with Gasteiger partial charge in [-0.1, -0.05) is 30.3 Å². The molecule has 300 valence electrons. The molecule has 0 saturated carbocycles. The van der Waals surface area contributed by atoms with E-state index in [9.17, 15) is 0 Å². The van der Waals surface area contributed by atoms with Crippen molar-refractivity contribution in [3.8, 4) is 0 Å². The van der Waals surface area contributed by atoms with E-state index in [1.165, 1.54) is 5.56 Å². The minimum absolute atomic E-state index is 0.689. The van der Waals surface area contributed by atoms with E-state index in [0.717, 1.165) is 0 Å². The number of hydrogen-bond donors (Lipinski definition) is 0. The number of hydrogen-bond acceptors (Lipinski definition) is 4. The number of nitrogens with zero attached hydrogens (tertiary/aromatic N) is 16. The van der Waals surface area contributed by atoms with E-state index in [-0.39, 0.29) is 0 Å². The van der Waals surface area contributed by atoms with Gasteiger partial charge in [-0.2, -0.15) is 0 Å². The van der Waals surface area contributed by atoms with E-state index in [1.807, 2.05) is 0 Å². The first kappa shape index (κ1) is 49.1. The summed E-state index contributed by atoms with van der Waals surface area (Å²) in [4.78, 5) is 0. The standard InChI is InChI=1S/C30H76N16P5/c1-35(2)48(36(3)4,37(5)6)31-47(32-49(38(7)8,39(9)10)40(11)12,33-50(41(13)14,42(15)16)43(17)18)34-51(44(19)20,45(21)22)46(23)29-30-27-25-24-26-28-30/h24-28H,29H2,1-23H3/q+1. The highest BCUT2D eigenvalue weighted by molar-refractivity contribution is 7.87. The first-order valence-electron chi connectivity index (χ1n) is 16.9. The van der Waals surface area contributed by atoms with Gasteiger partial charge in [0.1, 0.15) is 0 Å². The van der Waals surface area contributed by atoms with E-state index in [4.69, 9.17) is 18.1 Å². The molecule has 0 bridgehead atoms. The summed E-state index contributed by atoms with van der Waals surface area (Å²) in [6, 6.07) is 10.6. The SMILES string of the molecule is CN(C)P(=N[P+](N=P(N(C)C)(N(C)C)N(C)C)(N=P(N(C)C)(N(C)C)N(C)C)N=P(N(C)C)(N(C)C)N(C)Cc1ccccc1)(N(C)C)N(C)C. The van der Waals surface area contributed by atoms with Crippen LogP contribution in [0.4, 0.5) is 0 Å². The molecule has 0 aromatic heterocycles. The lowest BCUT2D eigenvalue weighted by atomic mass is 10.2. The van der Waals surface area contributed by atoms with Gasteiger partial charge in [-0.25, -0.2) is 56.0 Å². The Morgan fingerprint density at radius 3 is 0.784 bits per heavy atom. The van der Waals surface area contributed by atoms with Crippen molar-refractivity contribution in [1.29, 1.82) is 0 Å². The average molecular weight is 816 g/mol. The molecule has 0 atom stereocenters. The predicted molar refractivity (Wildman–Crippen MR) is 233 cm³/mol. The molecular formula is C30H76N16P5+. The third-order valence-electron chi connectivity index (χ3n) is 8.58. The Hall–Kier alpha value is 0.0900. The van der Waals surface area contributed by atoms with Crippen LogP contribution in [0.25, 0.3) is 0 Å². The molecule has 0 amide bonds. The molecule has 0 heterocycles. The van der Waals surface area contributed by atoms with Crippen LogP contribution < -0.4 is 0 Å². The molecule has 0 N–H and O–H groups in total.